The lowest BCUT2D eigenvalue weighted by Gasteiger charge is -2.05. The quantitative estimate of drug-likeness (QED) is 0.794. The summed E-state index contributed by atoms with van der Waals surface area (Å²) in [5.74, 6) is -1.89. The monoisotopic (exact) mass is 287 g/mol. The van der Waals surface area contributed by atoms with E-state index in [1.54, 1.807) is 6.07 Å². The van der Waals surface area contributed by atoms with Gasteiger partial charge in [0.05, 0.1) is 18.4 Å². The Kier molecular flexibility index (Phi) is 3.39. The highest BCUT2D eigenvalue weighted by molar-refractivity contribution is 5.95. The van der Waals surface area contributed by atoms with Gasteiger partial charge in [-0.2, -0.15) is 0 Å². The molecule has 106 valence electrons. The average molecular weight is 287 g/mol. The van der Waals surface area contributed by atoms with Crippen LogP contribution in [0.25, 0.3) is 11.0 Å². The smallest absolute Gasteiger partial charge is 0.229 e. The molecule has 1 heterocycles. The molecule has 0 saturated heterocycles. The molecular formula is C16H11F2NO2. The van der Waals surface area contributed by atoms with Crippen molar-refractivity contribution in [1.82, 2.24) is 0 Å². The lowest BCUT2D eigenvalue weighted by Crippen LogP contribution is -2.15. The van der Waals surface area contributed by atoms with Crippen molar-refractivity contribution in [2.24, 2.45) is 0 Å². The zero-order valence-electron chi connectivity index (χ0n) is 10.9. The first-order valence-electron chi connectivity index (χ1n) is 6.33. The van der Waals surface area contributed by atoms with Crippen LogP contribution in [0.4, 0.5) is 14.5 Å². The minimum absolute atomic E-state index is 0.0470. The number of amides is 1. The van der Waals surface area contributed by atoms with Gasteiger partial charge in [0.2, 0.25) is 5.91 Å². The van der Waals surface area contributed by atoms with E-state index in [-0.39, 0.29) is 12.1 Å². The number of hydrogen-bond acceptors (Lipinski definition) is 2. The predicted octanol–water partition coefficient (Wildman–Crippen LogP) is 3.89. The van der Waals surface area contributed by atoms with Crippen molar-refractivity contribution < 1.29 is 18.0 Å². The molecule has 5 heteroatoms. The van der Waals surface area contributed by atoms with Crippen molar-refractivity contribution in [3.05, 3.63) is 65.9 Å². The summed E-state index contributed by atoms with van der Waals surface area (Å²) < 4.78 is 31.6. The molecule has 0 aliphatic rings. The molecule has 0 saturated carbocycles. The van der Waals surface area contributed by atoms with E-state index in [0.29, 0.717) is 11.1 Å². The van der Waals surface area contributed by atoms with Gasteiger partial charge in [-0.1, -0.05) is 18.2 Å². The van der Waals surface area contributed by atoms with Crippen molar-refractivity contribution in [2.45, 2.75) is 6.42 Å². The van der Waals surface area contributed by atoms with Gasteiger partial charge in [0.15, 0.2) is 0 Å². The molecule has 1 N–H and O–H groups in total. The molecule has 0 radical (unpaired) electrons. The molecule has 0 unspecified atom stereocenters. The first-order chi connectivity index (χ1) is 10.1. The summed E-state index contributed by atoms with van der Waals surface area (Å²) in [4.78, 5) is 11.9. The van der Waals surface area contributed by atoms with Gasteiger partial charge in [0.25, 0.3) is 0 Å². The normalized spacial score (nSPS) is 10.8. The topological polar surface area (TPSA) is 42.2 Å². The fraction of sp³-hybridized carbons (Fsp3) is 0.0625. The van der Waals surface area contributed by atoms with Gasteiger partial charge < -0.3 is 9.73 Å². The Bertz CT molecular complexity index is 811. The largest absolute Gasteiger partial charge is 0.464 e. The Morgan fingerprint density at radius 2 is 1.95 bits per heavy atom. The van der Waals surface area contributed by atoms with Crippen LogP contribution in [0.1, 0.15) is 5.56 Å². The second-order valence-electron chi connectivity index (χ2n) is 4.61. The van der Waals surface area contributed by atoms with Crippen LogP contribution in [0, 0.1) is 11.6 Å². The Morgan fingerprint density at radius 1 is 1.14 bits per heavy atom. The fourth-order valence-electron chi connectivity index (χ4n) is 2.13. The number of para-hydroxylation sites is 1. The average Bonchev–Trinajstić information content (AvgIpc) is 2.85. The summed E-state index contributed by atoms with van der Waals surface area (Å²) >= 11 is 0. The molecule has 3 aromatic rings. The van der Waals surface area contributed by atoms with E-state index < -0.39 is 17.5 Å². The van der Waals surface area contributed by atoms with Crippen LogP contribution in [0.15, 0.2) is 53.1 Å². The summed E-state index contributed by atoms with van der Waals surface area (Å²) in [6.07, 6.45) is 1.55. The third-order valence-electron chi connectivity index (χ3n) is 3.12. The zero-order chi connectivity index (χ0) is 14.8. The second-order valence-corrected chi connectivity index (χ2v) is 4.61. The van der Waals surface area contributed by atoms with Gasteiger partial charge in [-0.05, 0) is 18.2 Å². The van der Waals surface area contributed by atoms with Gasteiger partial charge in [-0.15, -0.1) is 0 Å². The van der Waals surface area contributed by atoms with Gasteiger partial charge >= 0.3 is 0 Å². The number of furan rings is 1. The second kappa shape index (κ2) is 5.36. The summed E-state index contributed by atoms with van der Waals surface area (Å²) in [6, 6.07) is 10.3. The van der Waals surface area contributed by atoms with E-state index in [2.05, 4.69) is 5.32 Å². The molecule has 2 aromatic carbocycles. The number of carbonyl (C=O) groups excluding carboxylic acids is 1. The van der Waals surface area contributed by atoms with Crippen LogP contribution in [0.5, 0.6) is 0 Å². The Balaban J connectivity index is 1.77. The van der Waals surface area contributed by atoms with E-state index >= 15 is 0 Å². The third-order valence-corrected chi connectivity index (χ3v) is 3.12. The van der Waals surface area contributed by atoms with Gasteiger partial charge in [0, 0.05) is 17.0 Å². The number of carbonyl (C=O) groups is 1. The van der Waals surface area contributed by atoms with Crippen LogP contribution < -0.4 is 5.32 Å². The standard InChI is InChI=1S/C16H11F2NO2/c17-11-5-6-14(13(18)8-11)19-16(20)7-10-9-21-15-4-2-1-3-12(10)15/h1-6,8-9H,7H2,(H,19,20). The lowest BCUT2D eigenvalue weighted by atomic mass is 10.1. The Labute approximate surface area is 119 Å². The number of hydrogen-bond donors (Lipinski definition) is 1. The van der Waals surface area contributed by atoms with E-state index in [1.807, 2.05) is 18.2 Å². The van der Waals surface area contributed by atoms with Crippen molar-refractivity contribution in [1.29, 1.82) is 0 Å². The third kappa shape index (κ3) is 2.76. The minimum atomic E-state index is -0.805. The number of halogens is 2. The highest BCUT2D eigenvalue weighted by Gasteiger charge is 2.12. The zero-order valence-corrected chi connectivity index (χ0v) is 10.9. The molecule has 21 heavy (non-hydrogen) atoms. The van der Waals surface area contributed by atoms with Gasteiger partial charge in [-0.3, -0.25) is 4.79 Å². The van der Waals surface area contributed by atoms with Crippen molar-refractivity contribution in [3.8, 4) is 0 Å². The van der Waals surface area contributed by atoms with E-state index in [1.165, 1.54) is 12.3 Å². The van der Waals surface area contributed by atoms with Crippen molar-refractivity contribution >= 4 is 22.6 Å². The maximum atomic E-state index is 13.5. The van der Waals surface area contributed by atoms with Crippen LogP contribution in [0.3, 0.4) is 0 Å². The number of benzene rings is 2. The maximum Gasteiger partial charge on any atom is 0.229 e. The lowest BCUT2D eigenvalue weighted by molar-refractivity contribution is -0.115. The van der Waals surface area contributed by atoms with Crippen LogP contribution >= 0.6 is 0 Å². The van der Waals surface area contributed by atoms with Gasteiger partial charge in [0.1, 0.15) is 17.2 Å². The molecule has 3 rings (SSSR count). The highest BCUT2D eigenvalue weighted by atomic mass is 19.1. The molecular weight excluding hydrogens is 276 g/mol. The maximum absolute atomic E-state index is 13.5. The molecule has 0 aliphatic carbocycles. The van der Waals surface area contributed by atoms with E-state index in [0.717, 1.165) is 17.5 Å². The molecule has 0 aliphatic heterocycles. The predicted molar refractivity (Wildman–Crippen MR) is 74.9 cm³/mol. The molecule has 0 atom stereocenters. The number of fused-ring (bicyclic) bond motifs is 1. The molecule has 1 amide bonds. The summed E-state index contributed by atoms with van der Waals surface area (Å²) in [5.41, 5.74) is 1.35. The summed E-state index contributed by atoms with van der Waals surface area (Å²) in [7, 11) is 0. The number of anilines is 1. The Hall–Kier alpha value is -2.69. The number of nitrogens with one attached hydrogen (secondary N) is 1. The number of rotatable bonds is 3. The first-order valence-corrected chi connectivity index (χ1v) is 6.33. The fourth-order valence-corrected chi connectivity index (χ4v) is 2.13. The summed E-state index contributed by atoms with van der Waals surface area (Å²) in [6.45, 7) is 0. The molecule has 0 spiro atoms. The molecule has 0 fully saturated rings. The SMILES string of the molecule is O=C(Cc1coc2ccccc12)Nc1ccc(F)cc1F. The molecule has 1 aromatic heterocycles. The van der Waals surface area contributed by atoms with Crippen molar-refractivity contribution in [2.75, 3.05) is 5.32 Å². The van der Waals surface area contributed by atoms with Gasteiger partial charge in [-0.25, -0.2) is 8.78 Å². The Morgan fingerprint density at radius 3 is 2.76 bits per heavy atom. The van der Waals surface area contributed by atoms with Crippen LogP contribution in [-0.4, -0.2) is 5.91 Å². The minimum Gasteiger partial charge on any atom is -0.464 e. The molecule has 3 nitrogen and oxygen atoms in total. The summed E-state index contributed by atoms with van der Waals surface area (Å²) in [5, 5.41) is 3.26. The highest BCUT2D eigenvalue weighted by Crippen LogP contribution is 2.22. The van der Waals surface area contributed by atoms with E-state index in [4.69, 9.17) is 4.42 Å². The van der Waals surface area contributed by atoms with Crippen LogP contribution in [0.2, 0.25) is 0 Å². The first kappa shape index (κ1) is 13.3. The van der Waals surface area contributed by atoms with E-state index in [9.17, 15) is 13.6 Å². The van der Waals surface area contributed by atoms with Crippen LogP contribution in [-0.2, 0) is 11.2 Å². The molecule has 0 bridgehead atoms. The van der Waals surface area contributed by atoms with Crippen molar-refractivity contribution in [3.63, 3.8) is 0 Å².